The summed E-state index contributed by atoms with van der Waals surface area (Å²) < 4.78 is 65.4. The highest BCUT2D eigenvalue weighted by atomic mass is 32.2. The molecule has 1 fully saturated rings. The number of hydrogen-bond acceptors (Lipinski definition) is 4. The summed E-state index contributed by atoms with van der Waals surface area (Å²) in [5.41, 5.74) is -2.52. The molecular weight excluding hydrogens is 453 g/mol. The first-order valence-corrected chi connectivity index (χ1v) is 12.7. The molecule has 1 saturated carbocycles. The van der Waals surface area contributed by atoms with Crippen molar-refractivity contribution in [2.75, 3.05) is 0 Å². The molecule has 1 aliphatic rings. The average molecular weight is 485 g/mol. The van der Waals surface area contributed by atoms with Gasteiger partial charge in [-0.15, -0.1) is 0 Å². The number of benzene rings is 2. The van der Waals surface area contributed by atoms with Crippen LogP contribution in [-0.2, 0) is 21.1 Å². The zero-order valence-electron chi connectivity index (χ0n) is 19.4. The zero-order valence-corrected chi connectivity index (χ0v) is 20.2. The molecule has 0 saturated heterocycles. The van der Waals surface area contributed by atoms with Crippen molar-refractivity contribution in [3.05, 3.63) is 64.2 Å². The van der Waals surface area contributed by atoms with E-state index in [-0.39, 0.29) is 5.75 Å². The van der Waals surface area contributed by atoms with Gasteiger partial charge in [0, 0.05) is 5.41 Å². The lowest BCUT2D eigenvalue weighted by atomic mass is 9.69. The van der Waals surface area contributed by atoms with Crippen LogP contribution in [0.4, 0.5) is 13.2 Å². The van der Waals surface area contributed by atoms with Gasteiger partial charge < -0.3 is 9.29 Å². The molecule has 8 heteroatoms. The highest BCUT2D eigenvalue weighted by Crippen LogP contribution is 2.44. The number of aryl methyl sites for hydroxylation is 2. The van der Waals surface area contributed by atoms with Crippen molar-refractivity contribution in [3.8, 4) is 5.75 Å². The Bertz CT molecular complexity index is 1110. The first-order chi connectivity index (χ1) is 15.3. The zero-order chi connectivity index (χ0) is 24.7. The Balaban J connectivity index is 2.02. The summed E-state index contributed by atoms with van der Waals surface area (Å²) in [6.45, 7) is 7.62. The van der Waals surface area contributed by atoms with Crippen molar-refractivity contribution in [1.29, 1.82) is 0 Å². The van der Waals surface area contributed by atoms with Crippen LogP contribution in [0.1, 0.15) is 80.2 Å². The molecule has 0 spiro atoms. The average Bonchev–Trinajstić information content (AvgIpc) is 3.17. The normalized spacial score (nSPS) is 16.7. The number of halogens is 3. The van der Waals surface area contributed by atoms with E-state index >= 15 is 0 Å². The van der Waals surface area contributed by atoms with Crippen LogP contribution in [0.3, 0.4) is 0 Å². The summed E-state index contributed by atoms with van der Waals surface area (Å²) in [4.78, 5) is 0. The fourth-order valence-electron chi connectivity index (χ4n) is 5.15. The molecule has 0 heterocycles. The van der Waals surface area contributed by atoms with E-state index in [1.807, 2.05) is 32.9 Å². The fraction of sp³-hybridized carbons (Fsp3) is 0.520. The van der Waals surface area contributed by atoms with Gasteiger partial charge in [-0.3, -0.25) is 0 Å². The van der Waals surface area contributed by atoms with E-state index in [9.17, 15) is 26.7 Å². The molecule has 3 rings (SSSR count). The largest absolute Gasteiger partial charge is 0.534 e. The van der Waals surface area contributed by atoms with E-state index < -0.39 is 26.6 Å². The highest BCUT2D eigenvalue weighted by molar-refractivity contribution is 7.88. The Morgan fingerprint density at radius 1 is 0.939 bits per heavy atom. The van der Waals surface area contributed by atoms with E-state index in [1.165, 1.54) is 13.0 Å². The molecular formula is C25H31F3O4S. The third kappa shape index (κ3) is 4.64. The predicted octanol–water partition coefficient (Wildman–Crippen LogP) is 6.40. The van der Waals surface area contributed by atoms with Crippen LogP contribution < -0.4 is 4.18 Å². The summed E-state index contributed by atoms with van der Waals surface area (Å²) in [5, 5.41) is 11.0. The van der Waals surface area contributed by atoms with Crippen molar-refractivity contribution in [2.24, 2.45) is 0 Å². The van der Waals surface area contributed by atoms with Crippen molar-refractivity contribution in [1.82, 2.24) is 0 Å². The lowest BCUT2D eigenvalue weighted by Crippen LogP contribution is -2.29. The Morgan fingerprint density at radius 3 is 1.91 bits per heavy atom. The number of alkyl halides is 3. The maximum atomic E-state index is 12.7. The molecule has 1 aliphatic carbocycles. The fourth-order valence-corrected chi connectivity index (χ4v) is 5.67. The van der Waals surface area contributed by atoms with Crippen LogP contribution in [-0.4, -0.2) is 19.0 Å². The standard InChI is InChI=1S/C25H31F3O4S/c1-5-23(6-2,19-9-11-21(17(3)15-19)24(29)13-7-8-14-24)20-10-12-22(18(4)16-20)32-33(30,31)25(26,27)28/h9-12,15-16,29H,5-8,13-14H2,1-4H3. The third-order valence-corrected chi connectivity index (χ3v) is 8.09. The maximum Gasteiger partial charge on any atom is 0.534 e. The van der Waals surface area contributed by atoms with E-state index in [4.69, 9.17) is 0 Å². The van der Waals surface area contributed by atoms with Gasteiger partial charge in [0.1, 0.15) is 5.75 Å². The lowest BCUT2D eigenvalue weighted by Gasteiger charge is -2.35. The van der Waals surface area contributed by atoms with Crippen LogP contribution in [0.5, 0.6) is 5.75 Å². The Hall–Kier alpha value is -2.06. The van der Waals surface area contributed by atoms with Gasteiger partial charge in [-0.2, -0.15) is 21.6 Å². The molecule has 0 unspecified atom stereocenters. The van der Waals surface area contributed by atoms with Crippen molar-refractivity contribution >= 4 is 10.1 Å². The van der Waals surface area contributed by atoms with E-state index in [2.05, 4.69) is 10.2 Å². The van der Waals surface area contributed by atoms with Gasteiger partial charge in [0.2, 0.25) is 0 Å². The van der Waals surface area contributed by atoms with Crippen LogP contribution in [0.25, 0.3) is 0 Å². The van der Waals surface area contributed by atoms with Gasteiger partial charge in [-0.25, -0.2) is 0 Å². The van der Waals surface area contributed by atoms with E-state index in [0.717, 1.165) is 60.8 Å². The molecule has 4 nitrogen and oxygen atoms in total. The number of rotatable bonds is 7. The second-order valence-corrected chi connectivity index (χ2v) is 10.6. The van der Waals surface area contributed by atoms with Gasteiger partial charge in [0.15, 0.2) is 0 Å². The Labute approximate surface area is 193 Å². The van der Waals surface area contributed by atoms with Gasteiger partial charge in [0.05, 0.1) is 5.60 Å². The molecule has 0 aromatic heterocycles. The summed E-state index contributed by atoms with van der Waals surface area (Å²) in [5.74, 6) is -0.341. The molecule has 182 valence electrons. The SMILES string of the molecule is CCC(CC)(c1ccc(OS(=O)(=O)C(F)(F)F)c(C)c1)c1ccc(C2(O)CCCC2)c(C)c1. The smallest absolute Gasteiger partial charge is 0.385 e. The Kier molecular flexibility index (Phi) is 6.93. The van der Waals surface area contributed by atoms with E-state index in [0.29, 0.717) is 5.56 Å². The molecule has 0 amide bonds. The van der Waals surface area contributed by atoms with Crippen LogP contribution in [0.15, 0.2) is 36.4 Å². The first kappa shape index (κ1) is 25.6. The molecule has 0 bridgehead atoms. The molecule has 0 aliphatic heterocycles. The minimum Gasteiger partial charge on any atom is -0.385 e. The summed E-state index contributed by atoms with van der Waals surface area (Å²) in [6.07, 6.45) is 4.97. The number of hydrogen-bond donors (Lipinski definition) is 1. The summed E-state index contributed by atoms with van der Waals surface area (Å²) in [7, 11) is -5.73. The molecule has 0 atom stereocenters. The van der Waals surface area contributed by atoms with E-state index in [1.54, 1.807) is 12.1 Å². The third-order valence-electron chi connectivity index (χ3n) is 7.13. The second-order valence-electron chi connectivity index (χ2n) is 9.02. The first-order valence-electron chi connectivity index (χ1n) is 11.3. The van der Waals surface area contributed by atoms with Crippen LogP contribution >= 0.6 is 0 Å². The highest BCUT2D eigenvalue weighted by Gasteiger charge is 2.48. The Morgan fingerprint density at radius 2 is 1.45 bits per heavy atom. The van der Waals surface area contributed by atoms with Crippen molar-refractivity contribution in [2.45, 2.75) is 82.7 Å². The quantitative estimate of drug-likeness (QED) is 0.365. The van der Waals surface area contributed by atoms with Crippen LogP contribution in [0.2, 0.25) is 0 Å². The topological polar surface area (TPSA) is 63.6 Å². The maximum absolute atomic E-state index is 12.7. The van der Waals surface area contributed by atoms with Crippen LogP contribution in [0, 0.1) is 13.8 Å². The molecule has 2 aromatic carbocycles. The minimum absolute atomic E-state index is 0.306. The summed E-state index contributed by atoms with van der Waals surface area (Å²) in [6, 6.07) is 10.7. The van der Waals surface area contributed by atoms with Crippen molar-refractivity contribution in [3.63, 3.8) is 0 Å². The molecule has 33 heavy (non-hydrogen) atoms. The van der Waals surface area contributed by atoms with Gasteiger partial charge >= 0.3 is 15.6 Å². The minimum atomic E-state index is -5.73. The molecule has 1 N–H and O–H groups in total. The monoisotopic (exact) mass is 484 g/mol. The molecule has 0 radical (unpaired) electrons. The lowest BCUT2D eigenvalue weighted by molar-refractivity contribution is -0.0500. The predicted molar refractivity (Wildman–Crippen MR) is 122 cm³/mol. The van der Waals surface area contributed by atoms with Crippen molar-refractivity contribution < 1.29 is 30.9 Å². The van der Waals surface area contributed by atoms with Gasteiger partial charge in [-0.1, -0.05) is 57.0 Å². The molecule has 2 aromatic rings. The second kappa shape index (κ2) is 8.95. The summed E-state index contributed by atoms with van der Waals surface area (Å²) >= 11 is 0. The van der Waals surface area contributed by atoms with Gasteiger partial charge in [-0.05, 0) is 73.4 Å². The van der Waals surface area contributed by atoms with Gasteiger partial charge in [0.25, 0.3) is 0 Å². The number of aliphatic hydroxyl groups is 1.